The number of carbonyl (C=O) groups excluding carboxylic acids is 2. The molecule has 8 nitrogen and oxygen atoms in total. The van der Waals surface area contributed by atoms with Crippen molar-refractivity contribution in [3.63, 3.8) is 0 Å². The number of ether oxygens (including phenoxy) is 1. The Labute approximate surface area is 176 Å². The molecule has 0 bridgehead atoms. The van der Waals surface area contributed by atoms with Crippen molar-refractivity contribution in [1.82, 2.24) is 15.6 Å². The van der Waals surface area contributed by atoms with Crippen LogP contribution in [0, 0.1) is 5.92 Å². The van der Waals surface area contributed by atoms with Crippen molar-refractivity contribution in [2.75, 3.05) is 25.5 Å². The number of benzene rings is 1. The predicted molar refractivity (Wildman–Crippen MR) is 114 cm³/mol. The highest BCUT2D eigenvalue weighted by Gasteiger charge is 2.26. The minimum atomic E-state index is -0.709. The molecule has 2 heterocycles. The Morgan fingerprint density at radius 3 is 2.70 bits per heavy atom. The molecule has 1 saturated heterocycles. The highest BCUT2D eigenvalue weighted by molar-refractivity contribution is 6.39. The molecule has 3 N–H and O–H groups in total. The summed E-state index contributed by atoms with van der Waals surface area (Å²) in [6.45, 7) is 6.01. The van der Waals surface area contributed by atoms with E-state index in [2.05, 4.69) is 20.9 Å². The van der Waals surface area contributed by atoms with E-state index in [4.69, 9.17) is 9.15 Å². The number of nitrogens with one attached hydrogen (secondary N) is 3. The number of nitrogens with zero attached hydrogens (tertiary/aromatic N) is 1. The van der Waals surface area contributed by atoms with E-state index >= 15 is 0 Å². The molecule has 0 spiro atoms. The first-order valence-electron chi connectivity index (χ1n) is 10.3. The number of amides is 2. The molecule has 0 atom stereocenters. The van der Waals surface area contributed by atoms with Crippen molar-refractivity contribution < 1.29 is 18.7 Å². The molecule has 8 heteroatoms. The fourth-order valence-corrected chi connectivity index (χ4v) is 3.67. The Kier molecular flexibility index (Phi) is 7.10. The van der Waals surface area contributed by atoms with Gasteiger partial charge in [-0.05, 0) is 70.7 Å². The van der Waals surface area contributed by atoms with Crippen LogP contribution in [0.25, 0.3) is 11.3 Å². The summed E-state index contributed by atoms with van der Waals surface area (Å²) >= 11 is 0. The Hall–Kier alpha value is -2.87. The maximum Gasteiger partial charge on any atom is 0.313 e. The maximum absolute atomic E-state index is 12.4. The zero-order chi connectivity index (χ0) is 21.6. The molecule has 1 aromatic heterocycles. The van der Waals surface area contributed by atoms with E-state index in [0.29, 0.717) is 28.7 Å². The van der Waals surface area contributed by atoms with Crippen LogP contribution in [-0.4, -0.2) is 42.5 Å². The summed E-state index contributed by atoms with van der Waals surface area (Å²) in [6, 6.07) is 5.08. The number of methoxy groups -OCH3 is 1. The number of aromatic nitrogens is 1. The van der Waals surface area contributed by atoms with Gasteiger partial charge in [-0.3, -0.25) is 9.59 Å². The summed E-state index contributed by atoms with van der Waals surface area (Å²) in [6.07, 6.45) is 7.11. The second-order valence-corrected chi connectivity index (χ2v) is 8.30. The molecular formula is C22H30N4O4. The van der Waals surface area contributed by atoms with E-state index in [1.807, 2.05) is 13.8 Å². The fourth-order valence-electron chi connectivity index (χ4n) is 3.67. The monoisotopic (exact) mass is 414 g/mol. The van der Waals surface area contributed by atoms with Gasteiger partial charge >= 0.3 is 11.8 Å². The van der Waals surface area contributed by atoms with E-state index in [0.717, 1.165) is 38.8 Å². The molecule has 0 radical (unpaired) electrons. The molecular weight excluding hydrogens is 384 g/mol. The number of carbonyl (C=O) groups is 2. The van der Waals surface area contributed by atoms with E-state index in [1.165, 1.54) is 13.5 Å². The number of oxazole rings is 1. The Balaban J connectivity index is 1.56. The van der Waals surface area contributed by atoms with Gasteiger partial charge in [0, 0.05) is 17.3 Å². The van der Waals surface area contributed by atoms with Crippen LogP contribution in [-0.2, 0) is 9.59 Å². The van der Waals surface area contributed by atoms with Crippen LogP contribution in [0.2, 0.25) is 0 Å². The minimum Gasteiger partial charge on any atom is -0.496 e. The first-order chi connectivity index (χ1) is 14.4. The van der Waals surface area contributed by atoms with Gasteiger partial charge in [0.05, 0.1) is 18.9 Å². The van der Waals surface area contributed by atoms with Gasteiger partial charge in [0.25, 0.3) is 0 Å². The molecule has 1 fully saturated rings. The lowest BCUT2D eigenvalue weighted by Gasteiger charge is -2.30. The summed E-state index contributed by atoms with van der Waals surface area (Å²) in [7, 11) is 1.53. The van der Waals surface area contributed by atoms with Gasteiger partial charge in [-0.25, -0.2) is 4.98 Å². The van der Waals surface area contributed by atoms with Gasteiger partial charge in [0.2, 0.25) is 0 Å². The SMILES string of the molecule is COc1cc(NC(=O)C(=O)NC(C)(C)CCC2CCNCC2)ccc1-c1cnco1. The van der Waals surface area contributed by atoms with Gasteiger partial charge in [-0.1, -0.05) is 0 Å². The van der Waals surface area contributed by atoms with Crippen LogP contribution in [0.1, 0.15) is 39.5 Å². The molecule has 1 aliphatic heterocycles. The van der Waals surface area contributed by atoms with Gasteiger partial charge in [0.15, 0.2) is 12.2 Å². The van der Waals surface area contributed by atoms with Crippen LogP contribution in [0.4, 0.5) is 5.69 Å². The summed E-state index contributed by atoms with van der Waals surface area (Å²) in [5, 5.41) is 8.85. The molecule has 1 aromatic carbocycles. The second kappa shape index (κ2) is 9.75. The van der Waals surface area contributed by atoms with E-state index in [9.17, 15) is 9.59 Å². The zero-order valence-corrected chi connectivity index (χ0v) is 17.8. The smallest absolute Gasteiger partial charge is 0.313 e. The average molecular weight is 415 g/mol. The topological polar surface area (TPSA) is 105 Å². The molecule has 0 saturated carbocycles. The first-order valence-corrected chi connectivity index (χ1v) is 10.3. The number of rotatable bonds is 7. The Morgan fingerprint density at radius 2 is 2.03 bits per heavy atom. The lowest BCUT2D eigenvalue weighted by molar-refractivity contribution is -0.137. The number of anilines is 1. The molecule has 3 rings (SSSR count). The number of hydrogen-bond donors (Lipinski definition) is 3. The van der Waals surface area contributed by atoms with Crippen molar-refractivity contribution in [3.05, 3.63) is 30.8 Å². The van der Waals surface area contributed by atoms with E-state index in [-0.39, 0.29) is 0 Å². The summed E-state index contributed by atoms with van der Waals surface area (Å²) in [4.78, 5) is 28.7. The zero-order valence-electron chi connectivity index (χ0n) is 17.8. The normalized spacial score (nSPS) is 14.9. The molecule has 2 aromatic rings. The third-order valence-electron chi connectivity index (χ3n) is 5.45. The molecule has 30 heavy (non-hydrogen) atoms. The Morgan fingerprint density at radius 1 is 1.27 bits per heavy atom. The standard InChI is InChI=1S/C22H30N4O4/c1-22(2,9-6-15-7-10-23-11-8-15)26-21(28)20(27)25-16-4-5-17(18(12-16)29-3)19-13-24-14-30-19/h4-5,12-15,23H,6-11H2,1-3H3,(H,25,27)(H,26,28). The molecule has 0 aliphatic carbocycles. The van der Waals surface area contributed by atoms with Crippen LogP contribution >= 0.6 is 0 Å². The van der Waals surface area contributed by atoms with Gasteiger partial charge in [-0.15, -0.1) is 0 Å². The lowest BCUT2D eigenvalue weighted by atomic mass is 9.87. The largest absolute Gasteiger partial charge is 0.496 e. The van der Waals surface area contributed by atoms with Crippen molar-refractivity contribution in [2.45, 2.75) is 45.1 Å². The lowest BCUT2D eigenvalue weighted by Crippen LogP contribution is -2.48. The van der Waals surface area contributed by atoms with Crippen molar-refractivity contribution in [3.8, 4) is 17.1 Å². The Bertz CT molecular complexity index is 858. The molecule has 162 valence electrons. The second-order valence-electron chi connectivity index (χ2n) is 8.30. The van der Waals surface area contributed by atoms with Crippen molar-refractivity contribution in [2.24, 2.45) is 5.92 Å². The maximum atomic E-state index is 12.4. The summed E-state index contributed by atoms with van der Waals surface area (Å²) in [5.74, 6) is 0.375. The van der Waals surface area contributed by atoms with Crippen molar-refractivity contribution >= 4 is 17.5 Å². The molecule has 1 aliphatic rings. The fraction of sp³-hybridized carbons (Fsp3) is 0.500. The van der Waals surface area contributed by atoms with Gasteiger partial charge < -0.3 is 25.1 Å². The van der Waals surface area contributed by atoms with Crippen LogP contribution in [0.3, 0.4) is 0 Å². The van der Waals surface area contributed by atoms with Gasteiger partial charge in [-0.2, -0.15) is 0 Å². The minimum absolute atomic E-state index is 0.451. The summed E-state index contributed by atoms with van der Waals surface area (Å²) in [5.41, 5.74) is 0.715. The van der Waals surface area contributed by atoms with Crippen LogP contribution in [0.5, 0.6) is 5.75 Å². The molecule has 0 unspecified atom stereocenters. The van der Waals surface area contributed by atoms with Gasteiger partial charge in [0.1, 0.15) is 5.75 Å². The van der Waals surface area contributed by atoms with E-state index < -0.39 is 17.4 Å². The van der Waals surface area contributed by atoms with Crippen LogP contribution < -0.4 is 20.7 Å². The predicted octanol–water partition coefficient (Wildman–Crippen LogP) is 2.96. The van der Waals surface area contributed by atoms with E-state index in [1.54, 1.807) is 24.4 Å². The number of hydrogen-bond acceptors (Lipinski definition) is 6. The quantitative estimate of drug-likeness (QED) is 0.602. The van der Waals surface area contributed by atoms with Crippen molar-refractivity contribution in [1.29, 1.82) is 0 Å². The number of piperidine rings is 1. The highest BCUT2D eigenvalue weighted by Crippen LogP contribution is 2.32. The van der Waals surface area contributed by atoms with Crippen LogP contribution in [0.15, 0.2) is 35.2 Å². The average Bonchev–Trinajstić information content (AvgIpc) is 3.27. The first kappa shape index (κ1) is 21.8. The third kappa shape index (κ3) is 5.82. The summed E-state index contributed by atoms with van der Waals surface area (Å²) < 4.78 is 10.7. The third-order valence-corrected chi connectivity index (χ3v) is 5.45. The highest BCUT2D eigenvalue weighted by atomic mass is 16.5. The molecule has 2 amide bonds.